The molecule has 2 aromatic rings. The van der Waals surface area contributed by atoms with Crippen molar-refractivity contribution in [3.8, 4) is 5.75 Å². The number of aromatic amines is 1. The maximum atomic E-state index is 12.1. The van der Waals surface area contributed by atoms with Crippen LogP contribution in [-0.4, -0.2) is 39.8 Å². The van der Waals surface area contributed by atoms with E-state index in [2.05, 4.69) is 26.3 Å². The fraction of sp³-hybridized carbons (Fsp3) is 0.214. The SMILES string of the molecule is CN(C)C(=O)c1cccc(Nc2c(Br)c(=O)[nH]n(C)c2=O)c1O. The molecule has 0 aliphatic heterocycles. The van der Waals surface area contributed by atoms with Crippen LogP contribution < -0.4 is 16.4 Å². The lowest BCUT2D eigenvalue weighted by Gasteiger charge is -2.15. The molecule has 0 bridgehead atoms. The molecule has 0 saturated carbocycles. The highest BCUT2D eigenvalue weighted by Gasteiger charge is 2.18. The van der Waals surface area contributed by atoms with Gasteiger partial charge in [0.1, 0.15) is 10.2 Å². The van der Waals surface area contributed by atoms with Crippen LogP contribution in [0.5, 0.6) is 5.75 Å². The molecule has 23 heavy (non-hydrogen) atoms. The molecule has 0 spiro atoms. The van der Waals surface area contributed by atoms with Crippen LogP contribution in [0.1, 0.15) is 10.4 Å². The second-order valence-electron chi connectivity index (χ2n) is 5.02. The zero-order valence-electron chi connectivity index (χ0n) is 12.7. The minimum Gasteiger partial charge on any atom is -0.505 e. The largest absolute Gasteiger partial charge is 0.505 e. The number of aromatic hydroxyl groups is 1. The third kappa shape index (κ3) is 3.14. The Morgan fingerprint density at radius 1 is 1.35 bits per heavy atom. The molecule has 0 unspecified atom stereocenters. The summed E-state index contributed by atoms with van der Waals surface area (Å²) >= 11 is 3.04. The van der Waals surface area contributed by atoms with Crippen LogP contribution in [0, 0.1) is 0 Å². The lowest BCUT2D eigenvalue weighted by molar-refractivity contribution is 0.0825. The molecule has 1 aromatic heterocycles. The number of amides is 1. The lowest BCUT2D eigenvalue weighted by atomic mass is 10.1. The molecule has 1 heterocycles. The van der Waals surface area contributed by atoms with Crippen molar-refractivity contribution in [2.45, 2.75) is 0 Å². The van der Waals surface area contributed by atoms with E-state index in [0.29, 0.717) is 0 Å². The van der Waals surface area contributed by atoms with Gasteiger partial charge in [-0.25, -0.2) is 0 Å². The van der Waals surface area contributed by atoms with Gasteiger partial charge in [0.15, 0.2) is 5.75 Å². The van der Waals surface area contributed by atoms with E-state index >= 15 is 0 Å². The molecule has 0 atom stereocenters. The van der Waals surface area contributed by atoms with Gasteiger partial charge in [-0.3, -0.25) is 24.2 Å². The molecular formula is C14H15BrN4O4. The van der Waals surface area contributed by atoms with Crippen LogP contribution in [0.15, 0.2) is 32.3 Å². The summed E-state index contributed by atoms with van der Waals surface area (Å²) in [6.45, 7) is 0. The number of rotatable bonds is 3. The van der Waals surface area contributed by atoms with E-state index in [1.165, 1.54) is 24.1 Å². The maximum absolute atomic E-state index is 12.1. The van der Waals surface area contributed by atoms with Crippen molar-refractivity contribution in [1.29, 1.82) is 0 Å². The van der Waals surface area contributed by atoms with Crippen molar-refractivity contribution >= 4 is 33.2 Å². The van der Waals surface area contributed by atoms with E-state index in [1.54, 1.807) is 20.2 Å². The monoisotopic (exact) mass is 382 g/mol. The van der Waals surface area contributed by atoms with E-state index in [1.807, 2.05) is 0 Å². The number of benzene rings is 1. The van der Waals surface area contributed by atoms with Gasteiger partial charge in [-0.2, -0.15) is 0 Å². The number of carbonyl (C=O) groups is 1. The van der Waals surface area contributed by atoms with Crippen molar-refractivity contribution in [3.05, 3.63) is 48.9 Å². The Morgan fingerprint density at radius 2 is 2.00 bits per heavy atom. The quantitative estimate of drug-likeness (QED) is 0.686. The van der Waals surface area contributed by atoms with Gasteiger partial charge < -0.3 is 15.3 Å². The summed E-state index contributed by atoms with van der Waals surface area (Å²) in [5.41, 5.74) is -0.824. The number of para-hydroxylation sites is 1. The Kier molecular flexibility index (Phi) is 4.60. The number of phenolic OH excluding ortho intramolecular Hbond substituents is 1. The van der Waals surface area contributed by atoms with Gasteiger partial charge >= 0.3 is 0 Å². The Labute approximate surface area is 139 Å². The highest BCUT2D eigenvalue weighted by molar-refractivity contribution is 9.10. The third-order valence-corrected chi connectivity index (χ3v) is 3.90. The first kappa shape index (κ1) is 16.8. The molecule has 1 amide bonds. The van der Waals surface area contributed by atoms with Crippen LogP contribution in [0.2, 0.25) is 0 Å². The van der Waals surface area contributed by atoms with Gasteiger partial charge in [-0.15, -0.1) is 0 Å². The number of aryl methyl sites for hydroxylation is 1. The number of nitrogens with one attached hydrogen (secondary N) is 2. The van der Waals surface area contributed by atoms with E-state index in [-0.39, 0.29) is 33.1 Å². The predicted octanol–water partition coefficient (Wildman–Crippen LogP) is 0.987. The van der Waals surface area contributed by atoms with Crippen LogP contribution >= 0.6 is 15.9 Å². The van der Waals surface area contributed by atoms with Gasteiger partial charge in [-0.1, -0.05) is 6.07 Å². The zero-order chi connectivity index (χ0) is 17.3. The van der Waals surface area contributed by atoms with Crippen LogP contribution in [0.3, 0.4) is 0 Å². The van der Waals surface area contributed by atoms with Gasteiger partial charge in [0.25, 0.3) is 17.0 Å². The van der Waals surface area contributed by atoms with Crippen molar-refractivity contribution in [1.82, 2.24) is 14.7 Å². The average Bonchev–Trinajstić information content (AvgIpc) is 2.50. The van der Waals surface area contributed by atoms with Crippen LogP contribution in [0.4, 0.5) is 11.4 Å². The van der Waals surface area contributed by atoms with Crippen molar-refractivity contribution in [3.63, 3.8) is 0 Å². The van der Waals surface area contributed by atoms with Crippen LogP contribution in [0.25, 0.3) is 0 Å². The maximum Gasteiger partial charge on any atom is 0.289 e. The fourth-order valence-electron chi connectivity index (χ4n) is 1.93. The molecular weight excluding hydrogens is 368 g/mol. The molecule has 3 N–H and O–H groups in total. The van der Waals surface area contributed by atoms with E-state index in [4.69, 9.17) is 0 Å². The van der Waals surface area contributed by atoms with Crippen molar-refractivity contribution in [2.24, 2.45) is 7.05 Å². The lowest BCUT2D eigenvalue weighted by Crippen LogP contribution is -2.30. The summed E-state index contributed by atoms with van der Waals surface area (Å²) in [6.07, 6.45) is 0. The number of hydrogen-bond donors (Lipinski definition) is 3. The second-order valence-corrected chi connectivity index (χ2v) is 5.81. The number of halogens is 1. The average molecular weight is 383 g/mol. The molecule has 0 aliphatic rings. The minimum atomic E-state index is -0.505. The standard InChI is InChI=1S/C14H15BrN4O4/c1-18(2)13(22)7-5-4-6-8(11(7)20)16-10-9(15)12(21)17-19(3)14(10)23/h4-6,16,20H,1-3H3,(H,17,21). The van der Waals surface area contributed by atoms with Gasteiger partial charge in [-0.05, 0) is 28.1 Å². The number of H-pyrrole nitrogens is 1. The Hall–Kier alpha value is -2.55. The summed E-state index contributed by atoms with van der Waals surface area (Å²) in [5.74, 6) is -0.690. The zero-order valence-corrected chi connectivity index (χ0v) is 14.3. The summed E-state index contributed by atoms with van der Waals surface area (Å²) in [5, 5.41) is 15.3. The second kappa shape index (κ2) is 6.29. The number of anilines is 2. The van der Waals surface area contributed by atoms with Crippen molar-refractivity contribution in [2.75, 3.05) is 19.4 Å². The van der Waals surface area contributed by atoms with Gasteiger partial charge in [0.05, 0.1) is 11.3 Å². The Morgan fingerprint density at radius 3 is 2.61 bits per heavy atom. The molecule has 0 saturated heterocycles. The van der Waals surface area contributed by atoms with E-state index in [9.17, 15) is 19.5 Å². The van der Waals surface area contributed by atoms with E-state index < -0.39 is 11.1 Å². The summed E-state index contributed by atoms with van der Waals surface area (Å²) in [4.78, 5) is 37.2. The molecule has 1 aromatic carbocycles. The normalized spacial score (nSPS) is 10.4. The van der Waals surface area contributed by atoms with Crippen molar-refractivity contribution < 1.29 is 9.90 Å². The summed E-state index contributed by atoms with van der Waals surface area (Å²) in [7, 11) is 4.52. The summed E-state index contributed by atoms with van der Waals surface area (Å²) < 4.78 is 1.02. The topological polar surface area (TPSA) is 107 Å². The fourth-order valence-corrected chi connectivity index (χ4v) is 2.29. The number of nitrogens with zero attached hydrogens (tertiary/aromatic N) is 2. The summed E-state index contributed by atoms with van der Waals surface area (Å²) in [6, 6.07) is 4.52. The molecule has 2 rings (SSSR count). The highest BCUT2D eigenvalue weighted by atomic mass is 79.9. The Bertz CT molecular complexity index is 885. The molecule has 9 heteroatoms. The molecule has 0 fully saturated rings. The molecule has 122 valence electrons. The Balaban J connectivity index is 2.55. The highest BCUT2D eigenvalue weighted by Crippen LogP contribution is 2.31. The molecule has 0 aliphatic carbocycles. The first-order valence-electron chi connectivity index (χ1n) is 6.53. The first-order chi connectivity index (χ1) is 10.7. The first-order valence-corrected chi connectivity index (χ1v) is 7.32. The number of phenols is 1. The van der Waals surface area contributed by atoms with Crippen LogP contribution in [-0.2, 0) is 7.05 Å². The molecule has 0 radical (unpaired) electrons. The van der Waals surface area contributed by atoms with Gasteiger partial charge in [0.2, 0.25) is 0 Å². The number of aromatic nitrogens is 2. The number of hydrogen-bond acceptors (Lipinski definition) is 5. The van der Waals surface area contributed by atoms with E-state index in [0.717, 1.165) is 4.68 Å². The smallest absolute Gasteiger partial charge is 0.289 e. The van der Waals surface area contributed by atoms with Gasteiger partial charge in [0, 0.05) is 21.1 Å². The minimum absolute atomic E-state index is 0.00402. The third-order valence-electron chi connectivity index (χ3n) is 3.14. The number of carbonyl (C=O) groups excluding carboxylic acids is 1. The molecule has 8 nitrogen and oxygen atoms in total. The predicted molar refractivity (Wildman–Crippen MR) is 89.4 cm³/mol.